The van der Waals surface area contributed by atoms with Gasteiger partial charge in [-0.2, -0.15) is 9.61 Å². The Kier molecular flexibility index (Phi) is 2.89. The standard InChI is InChI=1S/C10H11ClN4O2/c1-6(2)14(10(16)17)9-5-7(11)13-8-3-4-12-15(8)9/h3-6H,1-2H3,(H,16,17). The lowest BCUT2D eigenvalue weighted by atomic mass is 10.3. The average Bonchev–Trinajstić information content (AvgIpc) is 2.63. The van der Waals surface area contributed by atoms with E-state index >= 15 is 0 Å². The third-order valence-corrected chi connectivity index (χ3v) is 2.47. The lowest BCUT2D eigenvalue weighted by molar-refractivity contribution is 0.199. The third kappa shape index (κ3) is 2.03. The summed E-state index contributed by atoms with van der Waals surface area (Å²) in [5.74, 6) is 0.382. The molecule has 0 spiro atoms. The number of aromatic nitrogens is 3. The van der Waals surface area contributed by atoms with Gasteiger partial charge in [-0.25, -0.2) is 9.78 Å². The Labute approximate surface area is 102 Å². The molecule has 0 atom stereocenters. The maximum absolute atomic E-state index is 11.2. The molecule has 0 saturated carbocycles. The smallest absolute Gasteiger partial charge is 0.413 e. The van der Waals surface area contributed by atoms with Crippen molar-refractivity contribution in [2.24, 2.45) is 0 Å². The summed E-state index contributed by atoms with van der Waals surface area (Å²) in [6.07, 6.45) is 0.488. The summed E-state index contributed by atoms with van der Waals surface area (Å²) in [5.41, 5.74) is 0.513. The summed E-state index contributed by atoms with van der Waals surface area (Å²) >= 11 is 5.86. The highest BCUT2D eigenvalue weighted by molar-refractivity contribution is 6.29. The van der Waals surface area contributed by atoms with E-state index in [0.717, 1.165) is 0 Å². The van der Waals surface area contributed by atoms with Crippen LogP contribution in [0.15, 0.2) is 18.3 Å². The van der Waals surface area contributed by atoms with Gasteiger partial charge in [-0.1, -0.05) is 11.6 Å². The monoisotopic (exact) mass is 254 g/mol. The van der Waals surface area contributed by atoms with Gasteiger partial charge in [0.25, 0.3) is 0 Å². The summed E-state index contributed by atoms with van der Waals surface area (Å²) in [5, 5.41) is 13.5. The molecule has 7 heteroatoms. The van der Waals surface area contributed by atoms with E-state index in [4.69, 9.17) is 11.6 Å². The Morgan fingerprint density at radius 2 is 2.29 bits per heavy atom. The Hall–Kier alpha value is -1.82. The lowest BCUT2D eigenvalue weighted by Gasteiger charge is -2.23. The number of hydrogen-bond acceptors (Lipinski definition) is 3. The Bertz CT molecular complexity index is 566. The van der Waals surface area contributed by atoms with Crippen molar-refractivity contribution in [3.8, 4) is 0 Å². The molecule has 90 valence electrons. The van der Waals surface area contributed by atoms with Crippen LogP contribution in [0, 0.1) is 0 Å². The van der Waals surface area contributed by atoms with Crippen molar-refractivity contribution >= 4 is 29.2 Å². The fourth-order valence-electron chi connectivity index (χ4n) is 1.62. The van der Waals surface area contributed by atoms with E-state index < -0.39 is 6.09 Å². The molecule has 0 bridgehead atoms. The number of hydrogen-bond donors (Lipinski definition) is 1. The minimum atomic E-state index is -1.06. The number of fused-ring (bicyclic) bond motifs is 1. The molecule has 0 fully saturated rings. The molecule has 0 radical (unpaired) electrons. The van der Waals surface area contributed by atoms with E-state index in [1.165, 1.54) is 15.5 Å². The molecule has 2 heterocycles. The SMILES string of the molecule is CC(C)N(C(=O)O)c1cc(Cl)nc2ccnn12. The van der Waals surface area contributed by atoms with Crippen LogP contribution in [0.25, 0.3) is 5.65 Å². The largest absolute Gasteiger partial charge is 0.465 e. The molecular weight excluding hydrogens is 244 g/mol. The fourth-order valence-corrected chi connectivity index (χ4v) is 1.81. The van der Waals surface area contributed by atoms with E-state index in [1.54, 1.807) is 26.1 Å². The third-order valence-electron chi connectivity index (χ3n) is 2.28. The number of carboxylic acid groups (broad SMARTS) is 1. The van der Waals surface area contributed by atoms with Crippen LogP contribution in [0.2, 0.25) is 5.15 Å². The molecule has 0 aliphatic rings. The quantitative estimate of drug-likeness (QED) is 0.835. The van der Waals surface area contributed by atoms with Gasteiger partial charge in [0.2, 0.25) is 0 Å². The van der Waals surface area contributed by atoms with E-state index in [2.05, 4.69) is 10.1 Å². The second kappa shape index (κ2) is 4.21. The summed E-state index contributed by atoms with van der Waals surface area (Å²) in [6.45, 7) is 3.55. The van der Waals surface area contributed by atoms with Gasteiger partial charge >= 0.3 is 6.09 Å². The summed E-state index contributed by atoms with van der Waals surface area (Å²) in [6, 6.07) is 2.92. The van der Waals surface area contributed by atoms with Gasteiger partial charge in [-0.15, -0.1) is 0 Å². The molecule has 0 aliphatic carbocycles. The van der Waals surface area contributed by atoms with Gasteiger partial charge in [0, 0.05) is 18.2 Å². The van der Waals surface area contributed by atoms with Crippen LogP contribution in [-0.2, 0) is 0 Å². The molecular formula is C10H11ClN4O2. The van der Waals surface area contributed by atoms with Crippen molar-refractivity contribution in [1.82, 2.24) is 14.6 Å². The zero-order valence-electron chi connectivity index (χ0n) is 9.33. The van der Waals surface area contributed by atoms with Crippen molar-refractivity contribution in [1.29, 1.82) is 0 Å². The van der Waals surface area contributed by atoms with Gasteiger partial charge < -0.3 is 5.11 Å². The highest BCUT2D eigenvalue weighted by Crippen LogP contribution is 2.21. The van der Waals surface area contributed by atoms with Crippen molar-refractivity contribution < 1.29 is 9.90 Å². The molecule has 2 aromatic heterocycles. The van der Waals surface area contributed by atoms with Gasteiger partial charge in [0.05, 0.1) is 6.20 Å². The normalized spacial score (nSPS) is 11.1. The van der Waals surface area contributed by atoms with Crippen LogP contribution in [0.1, 0.15) is 13.8 Å². The second-order valence-corrected chi connectivity index (χ2v) is 4.17. The van der Waals surface area contributed by atoms with Gasteiger partial charge in [-0.3, -0.25) is 4.90 Å². The number of carbonyl (C=O) groups is 1. The maximum Gasteiger partial charge on any atom is 0.413 e. The first-order valence-electron chi connectivity index (χ1n) is 5.03. The number of nitrogens with zero attached hydrogens (tertiary/aromatic N) is 4. The van der Waals surface area contributed by atoms with E-state index in [-0.39, 0.29) is 11.2 Å². The summed E-state index contributed by atoms with van der Waals surface area (Å²) < 4.78 is 1.44. The zero-order chi connectivity index (χ0) is 12.6. The Morgan fingerprint density at radius 1 is 1.59 bits per heavy atom. The molecule has 2 rings (SSSR count). The predicted molar refractivity (Wildman–Crippen MR) is 63.6 cm³/mol. The van der Waals surface area contributed by atoms with Gasteiger partial charge in [-0.05, 0) is 13.8 Å². The second-order valence-electron chi connectivity index (χ2n) is 3.78. The molecule has 0 aromatic carbocycles. The molecule has 0 saturated heterocycles. The average molecular weight is 255 g/mol. The molecule has 2 aromatic rings. The number of anilines is 1. The molecule has 0 unspecified atom stereocenters. The van der Waals surface area contributed by atoms with Crippen LogP contribution in [0.5, 0.6) is 0 Å². The van der Waals surface area contributed by atoms with Crippen molar-refractivity contribution in [2.45, 2.75) is 19.9 Å². The number of rotatable bonds is 2. The lowest BCUT2D eigenvalue weighted by Crippen LogP contribution is -2.37. The van der Waals surface area contributed by atoms with E-state index in [0.29, 0.717) is 11.5 Å². The van der Waals surface area contributed by atoms with Crippen molar-refractivity contribution in [3.05, 3.63) is 23.5 Å². The zero-order valence-corrected chi connectivity index (χ0v) is 10.1. The van der Waals surface area contributed by atoms with Crippen molar-refractivity contribution in [3.63, 3.8) is 0 Å². The predicted octanol–water partition coefficient (Wildman–Crippen LogP) is 2.28. The summed E-state index contributed by atoms with van der Waals surface area (Å²) in [7, 11) is 0. The summed E-state index contributed by atoms with van der Waals surface area (Å²) in [4.78, 5) is 16.5. The number of halogens is 1. The molecule has 17 heavy (non-hydrogen) atoms. The van der Waals surface area contributed by atoms with E-state index in [1.807, 2.05) is 0 Å². The van der Waals surface area contributed by atoms with Gasteiger partial charge in [0.1, 0.15) is 11.0 Å². The topological polar surface area (TPSA) is 70.7 Å². The molecule has 1 amide bonds. The first kappa shape index (κ1) is 11.7. The van der Waals surface area contributed by atoms with E-state index in [9.17, 15) is 9.90 Å². The minimum Gasteiger partial charge on any atom is -0.465 e. The first-order valence-corrected chi connectivity index (χ1v) is 5.41. The molecule has 0 aliphatic heterocycles. The van der Waals surface area contributed by atoms with Crippen LogP contribution >= 0.6 is 11.6 Å². The Morgan fingerprint density at radius 3 is 2.88 bits per heavy atom. The first-order chi connectivity index (χ1) is 8.00. The van der Waals surface area contributed by atoms with Crippen LogP contribution < -0.4 is 4.90 Å². The fraction of sp³-hybridized carbons (Fsp3) is 0.300. The highest BCUT2D eigenvalue weighted by Gasteiger charge is 2.22. The molecule has 6 nitrogen and oxygen atoms in total. The van der Waals surface area contributed by atoms with Crippen LogP contribution in [0.3, 0.4) is 0 Å². The Balaban J connectivity index is 2.67. The van der Waals surface area contributed by atoms with Crippen molar-refractivity contribution in [2.75, 3.05) is 4.90 Å². The van der Waals surface area contributed by atoms with Gasteiger partial charge in [0.15, 0.2) is 5.65 Å². The van der Waals surface area contributed by atoms with Crippen LogP contribution in [0.4, 0.5) is 10.6 Å². The maximum atomic E-state index is 11.2. The van der Waals surface area contributed by atoms with Crippen LogP contribution in [-0.4, -0.2) is 31.8 Å². The minimum absolute atomic E-state index is 0.224. The molecule has 1 N–H and O–H groups in total. The highest BCUT2D eigenvalue weighted by atomic mass is 35.5. The number of amides is 1.